The van der Waals surface area contributed by atoms with Crippen molar-refractivity contribution in [3.8, 4) is 0 Å². The third kappa shape index (κ3) is 3.55. The van der Waals surface area contributed by atoms with E-state index >= 15 is 0 Å². The first-order valence-electron chi connectivity index (χ1n) is 4.21. The predicted molar refractivity (Wildman–Crippen MR) is 54.0 cm³/mol. The lowest BCUT2D eigenvalue weighted by molar-refractivity contribution is 0.101. The summed E-state index contributed by atoms with van der Waals surface area (Å²) in [6, 6.07) is 0. The van der Waals surface area contributed by atoms with Crippen molar-refractivity contribution in [1.82, 2.24) is 9.97 Å². The molecule has 0 saturated carbocycles. The molecule has 0 spiro atoms. The molecule has 1 heterocycles. The summed E-state index contributed by atoms with van der Waals surface area (Å²) in [6.45, 7) is 2.10. The Balaban J connectivity index is 2.40. The number of Topliss-reactive ketones (excluding diaryl/α,β-unsaturated/α-hetero) is 1. The number of hydrogen-bond donors (Lipinski definition) is 0. The first-order chi connectivity index (χ1) is 6.34. The largest absolute Gasteiger partial charge is 0.291 e. The van der Waals surface area contributed by atoms with E-state index in [0.717, 1.165) is 12.2 Å². The van der Waals surface area contributed by atoms with Crippen molar-refractivity contribution in [2.75, 3.05) is 11.5 Å². The van der Waals surface area contributed by atoms with Crippen LogP contribution >= 0.6 is 11.8 Å². The van der Waals surface area contributed by atoms with E-state index in [9.17, 15) is 4.79 Å². The molecule has 1 rings (SSSR count). The van der Waals surface area contributed by atoms with E-state index in [1.807, 2.05) is 0 Å². The van der Waals surface area contributed by atoms with E-state index in [2.05, 4.69) is 16.9 Å². The summed E-state index contributed by atoms with van der Waals surface area (Å²) in [5.74, 6) is 1.59. The summed E-state index contributed by atoms with van der Waals surface area (Å²) < 4.78 is 0. The Morgan fingerprint density at radius 3 is 3.00 bits per heavy atom. The molecular weight excluding hydrogens is 184 g/mol. The minimum atomic E-state index is 0.0616. The van der Waals surface area contributed by atoms with Gasteiger partial charge in [0, 0.05) is 12.4 Å². The molecule has 0 atom stereocenters. The maximum atomic E-state index is 11.4. The molecule has 0 aromatic carbocycles. The van der Waals surface area contributed by atoms with Crippen LogP contribution in [0.5, 0.6) is 0 Å². The molecule has 0 saturated heterocycles. The van der Waals surface area contributed by atoms with Crippen molar-refractivity contribution in [2.45, 2.75) is 13.3 Å². The fraction of sp³-hybridized carbons (Fsp3) is 0.444. The zero-order valence-corrected chi connectivity index (χ0v) is 8.38. The topological polar surface area (TPSA) is 42.9 Å². The van der Waals surface area contributed by atoms with Crippen LogP contribution in [0.3, 0.4) is 0 Å². The average Bonchev–Trinajstić information content (AvgIpc) is 2.19. The summed E-state index contributed by atoms with van der Waals surface area (Å²) in [5.41, 5.74) is 0.464. The van der Waals surface area contributed by atoms with E-state index in [0.29, 0.717) is 11.4 Å². The number of hydrogen-bond acceptors (Lipinski definition) is 4. The van der Waals surface area contributed by atoms with Crippen LogP contribution < -0.4 is 0 Å². The highest BCUT2D eigenvalue weighted by Crippen LogP contribution is 2.05. The molecule has 0 aliphatic heterocycles. The molecule has 4 heteroatoms. The normalized spacial score (nSPS) is 9.92. The van der Waals surface area contributed by atoms with Crippen molar-refractivity contribution in [3.05, 3.63) is 24.3 Å². The van der Waals surface area contributed by atoms with E-state index in [4.69, 9.17) is 0 Å². The monoisotopic (exact) mass is 196 g/mol. The summed E-state index contributed by atoms with van der Waals surface area (Å²) in [6.07, 6.45) is 5.71. The van der Waals surface area contributed by atoms with Gasteiger partial charge in [-0.25, -0.2) is 4.98 Å². The van der Waals surface area contributed by atoms with Crippen molar-refractivity contribution in [1.29, 1.82) is 0 Å². The van der Waals surface area contributed by atoms with E-state index in [1.165, 1.54) is 12.4 Å². The van der Waals surface area contributed by atoms with Gasteiger partial charge in [-0.3, -0.25) is 9.78 Å². The minimum absolute atomic E-state index is 0.0616. The first-order valence-corrected chi connectivity index (χ1v) is 5.37. The number of nitrogens with zero attached hydrogens (tertiary/aromatic N) is 2. The third-order valence-electron chi connectivity index (χ3n) is 1.43. The highest BCUT2D eigenvalue weighted by molar-refractivity contribution is 7.99. The van der Waals surface area contributed by atoms with Crippen LogP contribution in [0.1, 0.15) is 23.8 Å². The molecule has 0 aliphatic carbocycles. The van der Waals surface area contributed by atoms with Gasteiger partial charge in [0.1, 0.15) is 5.69 Å². The van der Waals surface area contributed by atoms with Gasteiger partial charge in [-0.2, -0.15) is 11.8 Å². The molecule has 0 amide bonds. The van der Waals surface area contributed by atoms with Gasteiger partial charge in [0.25, 0.3) is 0 Å². The third-order valence-corrected chi connectivity index (χ3v) is 2.59. The predicted octanol–water partition coefficient (Wildman–Crippen LogP) is 1.80. The number of carbonyl (C=O) groups excluding carboxylic acids is 1. The summed E-state index contributed by atoms with van der Waals surface area (Å²) >= 11 is 1.64. The van der Waals surface area contributed by atoms with Gasteiger partial charge in [0.15, 0.2) is 5.78 Å². The Hall–Kier alpha value is -0.900. The number of carbonyl (C=O) groups is 1. The standard InChI is InChI=1S/C9H12N2OS/c1-2-5-13-7-9(12)8-6-10-3-4-11-8/h3-4,6H,2,5,7H2,1H3. The second kappa shape index (κ2) is 5.70. The van der Waals surface area contributed by atoms with Gasteiger partial charge in [-0.05, 0) is 12.2 Å². The van der Waals surface area contributed by atoms with Gasteiger partial charge in [0.2, 0.25) is 0 Å². The molecule has 0 radical (unpaired) electrons. The molecule has 0 aliphatic rings. The van der Waals surface area contributed by atoms with E-state index in [1.54, 1.807) is 18.0 Å². The molecule has 0 fully saturated rings. The highest BCUT2D eigenvalue weighted by atomic mass is 32.2. The number of thioether (sulfide) groups is 1. The summed E-state index contributed by atoms with van der Waals surface area (Å²) in [7, 11) is 0. The van der Waals surface area contributed by atoms with Gasteiger partial charge in [0.05, 0.1) is 11.9 Å². The lowest BCUT2D eigenvalue weighted by Gasteiger charge is -1.97. The molecule has 1 aromatic heterocycles. The van der Waals surface area contributed by atoms with Gasteiger partial charge in [-0.15, -0.1) is 0 Å². The van der Waals surface area contributed by atoms with Crippen molar-refractivity contribution >= 4 is 17.5 Å². The molecule has 70 valence electrons. The lowest BCUT2D eigenvalue weighted by Crippen LogP contribution is -2.05. The van der Waals surface area contributed by atoms with E-state index < -0.39 is 0 Å². The van der Waals surface area contributed by atoms with Gasteiger partial charge >= 0.3 is 0 Å². The Bertz CT molecular complexity index is 264. The Morgan fingerprint density at radius 2 is 2.38 bits per heavy atom. The quantitative estimate of drug-likeness (QED) is 0.532. The smallest absolute Gasteiger partial charge is 0.192 e. The van der Waals surface area contributed by atoms with Crippen molar-refractivity contribution in [2.24, 2.45) is 0 Å². The Labute approximate surface area is 82.0 Å². The molecule has 1 aromatic rings. The number of ketones is 1. The zero-order chi connectivity index (χ0) is 9.52. The summed E-state index contributed by atoms with van der Waals surface area (Å²) in [4.78, 5) is 19.2. The van der Waals surface area contributed by atoms with Crippen LogP contribution in [-0.4, -0.2) is 27.3 Å². The SMILES string of the molecule is CCCSCC(=O)c1cnccn1. The molecule has 0 N–H and O–H groups in total. The molecule has 0 bridgehead atoms. The van der Waals surface area contributed by atoms with Crippen LogP contribution in [0.15, 0.2) is 18.6 Å². The highest BCUT2D eigenvalue weighted by Gasteiger charge is 2.05. The minimum Gasteiger partial charge on any atom is -0.291 e. The molecule has 13 heavy (non-hydrogen) atoms. The van der Waals surface area contributed by atoms with Crippen molar-refractivity contribution < 1.29 is 4.79 Å². The van der Waals surface area contributed by atoms with Crippen molar-refractivity contribution in [3.63, 3.8) is 0 Å². The first kappa shape index (κ1) is 10.2. The fourth-order valence-electron chi connectivity index (χ4n) is 0.826. The number of rotatable bonds is 5. The van der Waals surface area contributed by atoms with Crippen LogP contribution in [-0.2, 0) is 0 Å². The molecular formula is C9H12N2OS. The maximum Gasteiger partial charge on any atom is 0.192 e. The fourth-order valence-corrected chi connectivity index (χ4v) is 1.59. The van der Waals surface area contributed by atoms with Gasteiger partial charge < -0.3 is 0 Å². The second-order valence-corrected chi connectivity index (χ2v) is 3.67. The van der Waals surface area contributed by atoms with Crippen LogP contribution in [0.2, 0.25) is 0 Å². The van der Waals surface area contributed by atoms with Crippen LogP contribution in [0.25, 0.3) is 0 Å². The molecule has 0 unspecified atom stereocenters. The van der Waals surface area contributed by atoms with E-state index in [-0.39, 0.29) is 5.78 Å². The lowest BCUT2D eigenvalue weighted by atomic mass is 10.3. The summed E-state index contributed by atoms with van der Waals surface area (Å²) in [5, 5.41) is 0. The average molecular weight is 196 g/mol. The zero-order valence-electron chi connectivity index (χ0n) is 7.56. The number of aromatic nitrogens is 2. The van der Waals surface area contributed by atoms with Crippen LogP contribution in [0, 0.1) is 0 Å². The maximum absolute atomic E-state index is 11.4. The van der Waals surface area contributed by atoms with Crippen LogP contribution in [0.4, 0.5) is 0 Å². The Kier molecular flexibility index (Phi) is 4.46. The molecule has 3 nitrogen and oxygen atoms in total. The second-order valence-electron chi connectivity index (χ2n) is 2.57. The van der Waals surface area contributed by atoms with Gasteiger partial charge in [-0.1, -0.05) is 6.92 Å². The Morgan fingerprint density at radius 1 is 1.54 bits per heavy atom.